The van der Waals surface area contributed by atoms with Gasteiger partial charge in [-0.15, -0.1) is 0 Å². The second-order valence-corrected chi connectivity index (χ2v) is 7.42. The zero-order chi connectivity index (χ0) is 20.9. The summed E-state index contributed by atoms with van der Waals surface area (Å²) in [6.07, 6.45) is 0. The third-order valence-electron chi connectivity index (χ3n) is 4.33. The molecule has 1 heterocycles. The van der Waals surface area contributed by atoms with Crippen LogP contribution in [-0.4, -0.2) is 21.6 Å². The van der Waals surface area contributed by atoms with Crippen LogP contribution in [0.3, 0.4) is 0 Å². The topological polar surface area (TPSA) is 57.8 Å². The van der Waals surface area contributed by atoms with E-state index in [1.807, 2.05) is 60.7 Å². The number of imidazole rings is 1. The monoisotopic (exact) mass is 421 g/mol. The largest absolute Gasteiger partial charge is 0.332 e. The molecule has 0 aliphatic heterocycles. The zero-order valence-corrected chi connectivity index (χ0v) is 16.5. The standard InChI is InChI=1S/C23H17F2N3OS/c24-17-11-12-18(25)19(13-17)26-20(29)14-30-23-27-21(15-7-3-1-4-8-15)22(28-23)16-9-5-2-6-10-16/h1-13H,14H2,(H,26,29)(H,27,28). The van der Waals surface area contributed by atoms with E-state index in [1.54, 1.807) is 0 Å². The maximum atomic E-state index is 13.7. The van der Waals surface area contributed by atoms with Crippen LogP contribution >= 0.6 is 11.8 Å². The minimum atomic E-state index is -0.689. The number of amides is 1. The molecule has 3 aromatic carbocycles. The van der Waals surface area contributed by atoms with E-state index in [0.29, 0.717) is 5.16 Å². The molecule has 4 nitrogen and oxygen atoms in total. The van der Waals surface area contributed by atoms with Crippen LogP contribution in [0.15, 0.2) is 84.0 Å². The fourth-order valence-electron chi connectivity index (χ4n) is 2.95. The molecule has 0 aliphatic carbocycles. The van der Waals surface area contributed by atoms with E-state index in [2.05, 4.69) is 15.3 Å². The molecule has 0 aliphatic rings. The summed E-state index contributed by atoms with van der Waals surface area (Å²) in [5, 5.41) is 2.95. The quantitative estimate of drug-likeness (QED) is 0.390. The fourth-order valence-corrected chi connectivity index (χ4v) is 3.62. The van der Waals surface area contributed by atoms with E-state index < -0.39 is 17.5 Å². The van der Waals surface area contributed by atoms with E-state index in [1.165, 1.54) is 11.8 Å². The number of aromatic amines is 1. The molecular weight excluding hydrogens is 404 g/mol. The molecule has 0 radical (unpaired) electrons. The van der Waals surface area contributed by atoms with Crippen molar-refractivity contribution in [2.75, 3.05) is 11.1 Å². The Morgan fingerprint density at radius 1 is 0.933 bits per heavy atom. The number of hydrogen-bond acceptors (Lipinski definition) is 3. The lowest BCUT2D eigenvalue weighted by Crippen LogP contribution is -2.15. The number of benzene rings is 3. The third-order valence-corrected chi connectivity index (χ3v) is 5.21. The van der Waals surface area contributed by atoms with E-state index >= 15 is 0 Å². The van der Waals surface area contributed by atoms with E-state index in [9.17, 15) is 13.6 Å². The number of rotatable bonds is 6. The van der Waals surface area contributed by atoms with Crippen LogP contribution in [0.5, 0.6) is 0 Å². The van der Waals surface area contributed by atoms with Crippen molar-refractivity contribution in [2.24, 2.45) is 0 Å². The molecule has 4 rings (SSSR count). The predicted molar refractivity (Wildman–Crippen MR) is 115 cm³/mol. The average Bonchev–Trinajstić information content (AvgIpc) is 3.20. The molecule has 0 saturated carbocycles. The highest BCUT2D eigenvalue weighted by atomic mass is 32.2. The molecule has 4 aromatic rings. The minimum Gasteiger partial charge on any atom is -0.332 e. The maximum absolute atomic E-state index is 13.7. The summed E-state index contributed by atoms with van der Waals surface area (Å²) in [6, 6.07) is 22.5. The molecule has 2 N–H and O–H groups in total. The van der Waals surface area contributed by atoms with E-state index in [0.717, 1.165) is 40.7 Å². The summed E-state index contributed by atoms with van der Waals surface area (Å²) < 4.78 is 27.0. The van der Waals surface area contributed by atoms with Gasteiger partial charge >= 0.3 is 0 Å². The minimum absolute atomic E-state index is 0.00801. The van der Waals surface area contributed by atoms with Crippen molar-refractivity contribution in [1.29, 1.82) is 0 Å². The molecule has 0 spiro atoms. The summed E-state index contributed by atoms with van der Waals surface area (Å²) in [5.74, 6) is -1.77. The Morgan fingerprint density at radius 3 is 2.30 bits per heavy atom. The Bertz CT molecular complexity index is 1110. The summed E-state index contributed by atoms with van der Waals surface area (Å²) in [6.45, 7) is 0. The summed E-state index contributed by atoms with van der Waals surface area (Å²) in [5.41, 5.74) is 3.37. The van der Waals surface area contributed by atoms with Gasteiger partial charge in [0.05, 0.1) is 22.8 Å². The first-order valence-corrected chi connectivity index (χ1v) is 10.2. The fraction of sp³-hybridized carbons (Fsp3) is 0.0435. The van der Waals surface area contributed by atoms with Crippen LogP contribution in [0.2, 0.25) is 0 Å². The van der Waals surface area contributed by atoms with Gasteiger partial charge in [0.25, 0.3) is 0 Å². The van der Waals surface area contributed by atoms with Gasteiger partial charge in [0, 0.05) is 17.2 Å². The van der Waals surface area contributed by atoms with Gasteiger partial charge in [0.1, 0.15) is 11.6 Å². The van der Waals surface area contributed by atoms with Crippen molar-refractivity contribution in [2.45, 2.75) is 5.16 Å². The zero-order valence-electron chi connectivity index (χ0n) is 15.7. The molecule has 0 bridgehead atoms. The highest BCUT2D eigenvalue weighted by Crippen LogP contribution is 2.32. The first kappa shape index (κ1) is 19.8. The van der Waals surface area contributed by atoms with Gasteiger partial charge in [-0.3, -0.25) is 4.79 Å². The van der Waals surface area contributed by atoms with Crippen LogP contribution in [0.4, 0.5) is 14.5 Å². The third kappa shape index (κ3) is 4.58. The number of carbonyl (C=O) groups is 1. The van der Waals surface area contributed by atoms with Gasteiger partial charge in [0.15, 0.2) is 5.16 Å². The highest BCUT2D eigenvalue weighted by molar-refractivity contribution is 7.99. The number of nitrogens with zero attached hydrogens (tertiary/aromatic N) is 1. The normalized spacial score (nSPS) is 10.7. The number of carbonyl (C=O) groups excluding carboxylic acids is 1. The number of nitrogens with one attached hydrogen (secondary N) is 2. The molecule has 0 fully saturated rings. The maximum Gasteiger partial charge on any atom is 0.234 e. The molecule has 0 saturated heterocycles. The second kappa shape index (κ2) is 8.92. The molecular formula is C23H17F2N3OS. The van der Waals surface area contributed by atoms with Gasteiger partial charge in [-0.05, 0) is 12.1 Å². The highest BCUT2D eigenvalue weighted by Gasteiger charge is 2.16. The van der Waals surface area contributed by atoms with Gasteiger partial charge < -0.3 is 10.3 Å². The Kier molecular flexibility index (Phi) is 5.90. The lowest BCUT2D eigenvalue weighted by molar-refractivity contribution is -0.113. The predicted octanol–water partition coefficient (Wildman–Crippen LogP) is 5.75. The lowest BCUT2D eigenvalue weighted by atomic mass is 10.1. The molecule has 30 heavy (non-hydrogen) atoms. The lowest BCUT2D eigenvalue weighted by Gasteiger charge is -2.05. The number of hydrogen-bond donors (Lipinski definition) is 2. The first-order valence-electron chi connectivity index (χ1n) is 9.19. The average molecular weight is 421 g/mol. The molecule has 1 amide bonds. The number of thioether (sulfide) groups is 1. The van der Waals surface area contributed by atoms with Crippen LogP contribution in [0.1, 0.15) is 0 Å². The van der Waals surface area contributed by atoms with Crippen molar-refractivity contribution in [3.8, 4) is 22.5 Å². The number of H-pyrrole nitrogens is 1. The number of anilines is 1. The van der Waals surface area contributed by atoms with Gasteiger partial charge in [-0.2, -0.15) is 0 Å². The molecule has 7 heteroatoms. The molecule has 0 atom stereocenters. The van der Waals surface area contributed by atoms with E-state index in [-0.39, 0.29) is 11.4 Å². The van der Waals surface area contributed by atoms with Crippen molar-refractivity contribution in [3.63, 3.8) is 0 Å². The number of aromatic nitrogens is 2. The van der Waals surface area contributed by atoms with E-state index in [4.69, 9.17) is 0 Å². The Balaban J connectivity index is 1.54. The van der Waals surface area contributed by atoms with Crippen LogP contribution in [0, 0.1) is 11.6 Å². The first-order chi connectivity index (χ1) is 14.6. The SMILES string of the molecule is O=C(CSc1nc(-c2ccccc2)c(-c2ccccc2)[nH]1)Nc1cc(F)ccc1F. The van der Waals surface area contributed by atoms with Gasteiger partial charge in [0.2, 0.25) is 5.91 Å². The van der Waals surface area contributed by atoms with Crippen molar-refractivity contribution in [1.82, 2.24) is 9.97 Å². The van der Waals surface area contributed by atoms with Crippen molar-refractivity contribution in [3.05, 3.63) is 90.5 Å². The van der Waals surface area contributed by atoms with Crippen LogP contribution in [0.25, 0.3) is 22.5 Å². The Hall–Kier alpha value is -3.45. The number of halogens is 2. The van der Waals surface area contributed by atoms with Crippen molar-refractivity contribution < 1.29 is 13.6 Å². The molecule has 150 valence electrons. The van der Waals surface area contributed by atoms with Gasteiger partial charge in [-0.25, -0.2) is 13.8 Å². The molecule has 1 aromatic heterocycles. The summed E-state index contributed by atoms with van der Waals surface area (Å²) >= 11 is 1.19. The molecule has 0 unspecified atom stereocenters. The summed E-state index contributed by atoms with van der Waals surface area (Å²) in [7, 11) is 0. The van der Waals surface area contributed by atoms with Crippen LogP contribution in [-0.2, 0) is 4.79 Å². The smallest absolute Gasteiger partial charge is 0.234 e. The second-order valence-electron chi connectivity index (χ2n) is 6.46. The van der Waals surface area contributed by atoms with Crippen molar-refractivity contribution >= 4 is 23.4 Å². The Morgan fingerprint density at radius 2 is 1.60 bits per heavy atom. The van der Waals surface area contributed by atoms with Crippen LogP contribution < -0.4 is 5.32 Å². The van der Waals surface area contributed by atoms with Gasteiger partial charge in [-0.1, -0.05) is 72.4 Å². The summed E-state index contributed by atoms with van der Waals surface area (Å²) in [4.78, 5) is 20.2. The Labute approximate surface area is 176 Å².